The summed E-state index contributed by atoms with van der Waals surface area (Å²) < 4.78 is 10.0. The number of hydrogen-bond acceptors (Lipinski definition) is 0. The monoisotopic (exact) mass is 1640 g/mol. The van der Waals surface area contributed by atoms with Gasteiger partial charge >= 0.3 is 0 Å². The molecule has 0 radical (unpaired) electrons. The molecule has 4 aromatic heterocycles. The molecule has 32 rings (SSSR count). The zero-order valence-electron chi connectivity index (χ0n) is 71.4. The Kier molecular flexibility index (Phi) is 15.2. The Balaban J connectivity index is 0.000000127. The molecule has 10 aliphatic carbocycles. The topological polar surface area (TPSA) is 19.7 Å². The maximum atomic E-state index is 2.64. The van der Waals surface area contributed by atoms with Crippen molar-refractivity contribution >= 4 is 109 Å². The molecule has 10 aliphatic rings. The van der Waals surface area contributed by atoms with E-state index in [1.54, 1.807) is 22.3 Å². The van der Waals surface area contributed by atoms with Gasteiger partial charge in [-0.2, -0.15) is 0 Å². The summed E-state index contributed by atoms with van der Waals surface area (Å²) in [6.45, 7) is 0. The SMILES string of the molecule is c1cc(-c2ccc3ccccc3c2)cc(-n2c3ccccc3c3cc(-c4ccc5c(c4)c4ccccc4n5-c4ccc5c(c4)C4(c6ccccc6-5)C5CC6CC(C5)CC4C6)ccc32)c1.c1cc(-c2ccc3ccccc3c2)cc(-n2c3ccccc3c3cc(-c4ccc5c(c4)c4ccccc4n5-c4ccc5c(c4)C4(c6ccccc6-5)C5CC6CC(C5)CC4C6)ccc32)c1. The quantitative estimate of drug-likeness (QED) is 0.144. The van der Waals surface area contributed by atoms with Crippen LogP contribution in [0.15, 0.2) is 388 Å². The molecular formula is C124H92N4. The third-order valence-electron chi connectivity index (χ3n) is 33.3. The van der Waals surface area contributed by atoms with E-state index in [0.29, 0.717) is 0 Å². The van der Waals surface area contributed by atoms with E-state index in [-0.39, 0.29) is 10.8 Å². The largest absolute Gasteiger partial charge is 0.309 e. The highest BCUT2D eigenvalue weighted by atomic mass is 15.0. The second kappa shape index (κ2) is 27.1. The highest BCUT2D eigenvalue weighted by Crippen LogP contribution is 2.72. The van der Waals surface area contributed by atoms with Crippen molar-refractivity contribution in [2.75, 3.05) is 0 Å². The number of fused-ring (bicyclic) bond motifs is 20. The van der Waals surface area contributed by atoms with Crippen molar-refractivity contribution in [3.63, 3.8) is 0 Å². The van der Waals surface area contributed by atoms with Crippen LogP contribution in [0.4, 0.5) is 0 Å². The highest BCUT2D eigenvalue weighted by Gasteiger charge is 2.63. The van der Waals surface area contributed by atoms with Gasteiger partial charge in [-0.05, 0) is 356 Å². The predicted molar refractivity (Wildman–Crippen MR) is 534 cm³/mol. The summed E-state index contributed by atoms with van der Waals surface area (Å²) in [4.78, 5) is 0. The van der Waals surface area contributed by atoms with E-state index in [2.05, 4.69) is 407 Å². The average molecular weight is 1640 g/mol. The lowest BCUT2D eigenvalue weighted by Crippen LogP contribution is -2.55. The minimum Gasteiger partial charge on any atom is -0.309 e. The van der Waals surface area contributed by atoms with Crippen LogP contribution in [-0.2, 0) is 10.8 Å². The van der Waals surface area contributed by atoms with Gasteiger partial charge in [0.15, 0.2) is 0 Å². The summed E-state index contributed by atoms with van der Waals surface area (Å²) >= 11 is 0. The fourth-order valence-corrected chi connectivity index (χ4v) is 28.7. The normalized spacial score (nSPS) is 21.8. The molecule has 608 valence electrons. The van der Waals surface area contributed by atoms with Crippen LogP contribution in [0.5, 0.6) is 0 Å². The fraction of sp³-hybridized carbons (Fsp3) is 0.161. The van der Waals surface area contributed by atoms with Gasteiger partial charge in [0.1, 0.15) is 0 Å². The van der Waals surface area contributed by atoms with Crippen LogP contribution in [0.1, 0.15) is 86.5 Å². The Morgan fingerprint density at radius 3 is 0.781 bits per heavy atom. The molecule has 4 heteroatoms. The minimum absolute atomic E-state index is 0.142. The first-order chi connectivity index (χ1) is 63.3. The molecule has 8 bridgehead atoms. The zero-order chi connectivity index (χ0) is 83.3. The molecule has 8 fully saturated rings. The van der Waals surface area contributed by atoms with Gasteiger partial charge in [0.2, 0.25) is 0 Å². The van der Waals surface area contributed by atoms with Crippen molar-refractivity contribution < 1.29 is 0 Å². The number of aromatic nitrogens is 4. The zero-order valence-corrected chi connectivity index (χ0v) is 71.4. The van der Waals surface area contributed by atoms with Gasteiger partial charge in [0.25, 0.3) is 0 Å². The lowest BCUT2D eigenvalue weighted by molar-refractivity contribution is -0.0399. The fourth-order valence-electron chi connectivity index (χ4n) is 28.7. The summed E-state index contributed by atoms with van der Waals surface area (Å²) in [6.07, 6.45) is 14.1. The number of rotatable bonds is 8. The third kappa shape index (κ3) is 10.2. The van der Waals surface area contributed by atoms with Gasteiger partial charge in [0, 0.05) is 76.7 Å². The summed E-state index contributed by atoms with van der Waals surface area (Å²) in [7, 11) is 0. The number of hydrogen-bond donors (Lipinski definition) is 0. The number of benzene rings is 18. The molecule has 2 spiro atoms. The van der Waals surface area contributed by atoms with E-state index in [9.17, 15) is 0 Å². The predicted octanol–water partition coefficient (Wildman–Crippen LogP) is 32.2. The van der Waals surface area contributed by atoms with Crippen LogP contribution in [0.2, 0.25) is 0 Å². The van der Waals surface area contributed by atoms with Crippen molar-refractivity contribution in [1.82, 2.24) is 18.3 Å². The number of para-hydroxylation sites is 4. The van der Waals surface area contributed by atoms with Crippen molar-refractivity contribution in [2.45, 2.75) is 75.0 Å². The minimum atomic E-state index is 0.142. The van der Waals surface area contributed by atoms with Gasteiger partial charge in [-0.3, -0.25) is 0 Å². The maximum Gasteiger partial charge on any atom is 0.0541 e. The second-order valence-electron chi connectivity index (χ2n) is 39.5. The first-order valence-corrected chi connectivity index (χ1v) is 47.2. The van der Waals surface area contributed by atoms with Crippen LogP contribution in [0.3, 0.4) is 0 Å². The molecule has 4 nitrogen and oxygen atoms in total. The molecule has 0 atom stereocenters. The first-order valence-electron chi connectivity index (χ1n) is 47.2. The summed E-state index contributed by atoms with van der Waals surface area (Å²) in [5, 5.41) is 15.3. The molecule has 0 amide bonds. The van der Waals surface area contributed by atoms with Gasteiger partial charge in [-0.25, -0.2) is 0 Å². The molecule has 0 saturated heterocycles. The van der Waals surface area contributed by atoms with Gasteiger partial charge < -0.3 is 18.3 Å². The van der Waals surface area contributed by atoms with E-state index < -0.39 is 0 Å². The van der Waals surface area contributed by atoms with Gasteiger partial charge in [-0.15, -0.1) is 0 Å². The second-order valence-corrected chi connectivity index (χ2v) is 39.5. The van der Waals surface area contributed by atoms with Crippen LogP contribution < -0.4 is 0 Å². The molecule has 0 aliphatic heterocycles. The smallest absolute Gasteiger partial charge is 0.0541 e. The summed E-state index contributed by atoms with van der Waals surface area (Å²) in [6, 6.07) is 147. The summed E-state index contributed by atoms with van der Waals surface area (Å²) in [5.74, 6) is 6.69. The molecule has 128 heavy (non-hydrogen) atoms. The van der Waals surface area contributed by atoms with E-state index in [1.165, 1.54) is 262 Å². The molecular weight excluding hydrogens is 1550 g/mol. The Hall–Kier alpha value is -14.3. The Labute approximate surface area is 744 Å². The highest BCUT2D eigenvalue weighted by molar-refractivity contribution is 6.15. The van der Waals surface area contributed by atoms with Crippen LogP contribution in [0.25, 0.3) is 198 Å². The van der Waals surface area contributed by atoms with Crippen LogP contribution in [0, 0.1) is 47.3 Å². The average Bonchev–Trinajstić information content (AvgIpc) is 1.51. The molecule has 8 saturated carbocycles. The molecule has 0 unspecified atom stereocenters. The first kappa shape index (κ1) is 71.9. The van der Waals surface area contributed by atoms with E-state index >= 15 is 0 Å². The molecule has 22 aromatic rings. The lowest BCUT2D eigenvalue weighted by atomic mass is 9.43. The van der Waals surface area contributed by atoms with E-state index in [0.717, 1.165) is 47.3 Å². The maximum absolute atomic E-state index is 2.64. The Morgan fingerprint density at radius 1 is 0.164 bits per heavy atom. The Morgan fingerprint density at radius 2 is 0.430 bits per heavy atom. The third-order valence-corrected chi connectivity index (χ3v) is 33.3. The van der Waals surface area contributed by atoms with Crippen LogP contribution >= 0.6 is 0 Å². The molecule has 0 N–H and O–H groups in total. The van der Waals surface area contributed by atoms with Gasteiger partial charge in [0.05, 0.1) is 44.1 Å². The Bertz CT molecular complexity index is 7960. The summed E-state index contributed by atoms with van der Waals surface area (Å²) in [5.41, 5.74) is 37.4. The lowest BCUT2D eigenvalue weighted by Gasteiger charge is -2.61. The molecule has 18 aromatic carbocycles. The van der Waals surface area contributed by atoms with E-state index in [4.69, 9.17) is 0 Å². The van der Waals surface area contributed by atoms with Gasteiger partial charge in [-0.1, -0.05) is 255 Å². The van der Waals surface area contributed by atoms with E-state index in [1.807, 2.05) is 0 Å². The van der Waals surface area contributed by atoms with Crippen molar-refractivity contribution in [3.8, 4) is 89.5 Å². The standard InChI is InChI=1S/2C62H46N2/c2*1-2-11-41-33-43(21-20-40(41)10-1)42-12-9-13-48(34-42)63-58-18-7-4-15-52(58)54-35-44(22-26-60(54)63)45-23-27-61-55(36-45)53-16-5-8-19-59(53)64(61)49-24-25-51-50-14-3-6-17-56(50)62(57(51)37-49)46-29-38-28-39(31-46)32-47(62)30-38/h2*1-27,33-39,46-47H,28-32H2. The molecule has 4 heterocycles. The van der Waals surface area contributed by atoms with Crippen molar-refractivity contribution in [1.29, 1.82) is 0 Å². The van der Waals surface area contributed by atoms with Crippen molar-refractivity contribution in [3.05, 3.63) is 411 Å². The number of nitrogens with zero attached hydrogens (tertiary/aromatic N) is 4. The van der Waals surface area contributed by atoms with Crippen molar-refractivity contribution in [2.24, 2.45) is 47.3 Å². The van der Waals surface area contributed by atoms with Crippen LogP contribution in [-0.4, -0.2) is 18.3 Å².